The number of fused-ring (bicyclic) bond motifs is 1. The lowest BCUT2D eigenvalue weighted by molar-refractivity contribution is 0.559. The molecule has 0 aliphatic carbocycles. The average Bonchev–Trinajstić information content (AvgIpc) is 3.13. The van der Waals surface area contributed by atoms with Crippen LogP contribution in [0.1, 0.15) is 11.5 Å². The summed E-state index contributed by atoms with van der Waals surface area (Å²) in [5, 5.41) is 2.14. The topological polar surface area (TPSA) is 51.0 Å². The molecule has 4 rings (SSSR count). The van der Waals surface area contributed by atoms with E-state index in [4.69, 9.17) is 8.83 Å². The number of nitrogens with zero attached hydrogens (tertiary/aromatic N) is 2. The van der Waals surface area contributed by atoms with Crippen molar-refractivity contribution in [2.24, 2.45) is 9.98 Å². The van der Waals surface area contributed by atoms with Gasteiger partial charge in [0.15, 0.2) is 11.5 Å². The van der Waals surface area contributed by atoms with Gasteiger partial charge in [-0.05, 0) is 24.3 Å². The Balaban J connectivity index is 1.57. The second-order valence-electron chi connectivity index (χ2n) is 3.84. The van der Waals surface area contributed by atoms with E-state index in [0.29, 0.717) is 0 Å². The summed E-state index contributed by atoms with van der Waals surface area (Å²) in [6.45, 7) is 0. The summed E-state index contributed by atoms with van der Waals surface area (Å²) in [6, 6.07) is 7.60. The minimum Gasteiger partial charge on any atom is -0.462 e. The van der Waals surface area contributed by atoms with E-state index < -0.39 is 0 Å². The highest BCUT2D eigenvalue weighted by Crippen LogP contribution is 2.43. The van der Waals surface area contributed by atoms with Gasteiger partial charge in [-0.1, -0.05) is 23.5 Å². The van der Waals surface area contributed by atoms with Crippen molar-refractivity contribution in [1.82, 2.24) is 0 Å². The molecule has 18 heavy (non-hydrogen) atoms. The second kappa shape index (κ2) is 4.07. The molecule has 0 amide bonds. The molecule has 0 radical (unpaired) electrons. The van der Waals surface area contributed by atoms with Crippen molar-refractivity contribution in [1.29, 1.82) is 0 Å². The highest BCUT2D eigenvalue weighted by Gasteiger charge is 2.38. The van der Waals surface area contributed by atoms with E-state index >= 15 is 0 Å². The van der Waals surface area contributed by atoms with Gasteiger partial charge in [-0.2, -0.15) is 0 Å². The van der Waals surface area contributed by atoms with Crippen LogP contribution in [-0.2, 0) is 0 Å². The van der Waals surface area contributed by atoms with Crippen molar-refractivity contribution >= 4 is 33.6 Å². The summed E-state index contributed by atoms with van der Waals surface area (Å²) >= 11 is 3.29. The summed E-state index contributed by atoms with van der Waals surface area (Å²) in [7, 11) is 0. The molecule has 2 atom stereocenters. The van der Waals surface area contributed by atoms with Crippen LogP contribution in [0, 0.1) is 0 Å². The Morgan fingerprint density at radius 3 is 1.72 bits per heavy atom. The van der Waals surface area contributed by atoms with Crippen LogP contribution in [0.5, 0.6) is 0 Å². The van der Waals surface area contributed by atoms with Crippen LogP contribution in [0.4, 0.5) is 0 Å². The molecule has 0 aromatic carbocycles. The highest BCUT2D eigenvalue weighted by atomic mass is 32.2. The third kappa shape index (κ3) is 1.64. The summed E-state index contributed by atoms with van der Waals surface area (Å²) in [5.41, 5.74) is 0. The fraction of sp³-hybridized carbons (Fsp3) is 0.167. The molecule has 2 aromatic rings. The minimum atomic E-state index is 0.134. The van der Waals surface area contributed by atoms with Crippen LogP contribution in [-0.4, -0.2) is 20.8 Å². The number of hydrogen-bond acceptors (Lipinski definition) is 6. The monoisotopic (exact) mass is 276 g/mol. The molecule has 6 heteroatoms. The van der Waals surface area contributed by atoms with E-state index in [1.165, 1.54) is 0 Å². The van der Waals surface area contributed by atoms with E-state index in [-0.39, 0.29) is 10.7 Å². The van der Waals surface area contributed by atoms with Gasteiger partial charge in [0.1, 0.15) is 20.8 Å². The third-order valence-corrected chi connectivity index (χ3v) is 5.10. The lowest BCUT2D eigenvalue weighted by atomic mass is 10.5. The number of furan rings is 2. The number of rotatable bonds is 2. The predicted octanol–water partition coefficient (Wildman–Crippen LogP) is 3.21. The Morgan fingerprint density at radius 2 is 1.33 bits per heavy atom. The molecule has 2 aliphatic rings. The zero-order valence-corrected chi connectivity index (χ0v) is 10.8. The van der Waals surface area contributed by atoms with Crippen LogP contribution in [0.3, 0.4) is 0 Å². The summed E-state index contributed by atoms with van der Waals surface area (Å²) < 4.78 is 10.7. The van der Waals surface area contributed by atoms with E-state index in [1.54, 1.807) is 36.1 Å². The Kier molecular flexibility index (Phi) is 2.38. The van der Waals surface area contributed by atoms with Gasteiger partial charge >= 0.3 is 0 Å². The smallest absolute Gasteiger partial charge is 0.158 e. The fourth-order valence-electron chi connectivity index (χ4n) is 1.86. The van der Waals surface area contributed by atoms with Crippen LogP contribution in [0.15, 0.2) is 55.6 Å². The first-order chi connectivity index (χ1) is 8.90. The number of aliphatic imine (C=N–C) groups is 2. The summed E-state index contributed by atoms with van der Waals surface area (Å²) in [5.74, 6) is 1.65. The zero-order valence-electron chi connectivity index (χ0n) is 9.15. The SMILES string of the molecule is c1coc(C2=N[C@H]3SC(c4ccco4)=N[C@H]3S2)c1. The number of hydrogen-bond donors (Lipinski definition) is 0. The van der Waals surface area contributed by atoms with Crippen LogP contribution in [0.2, 0.25) is 0 Å². The molecule has 0 saturated carbocycles. The van der Waals surface area contributed by atoms with E-state index in [9.17, 15) is 0 Å². The van der Waals surface area contributed by atoms with Gasteiger partial charge in [0, 0.05) is 0 Å². The Hall–Kier alpha value is -1.40. The first-order valence-electron chi connectivity index (χ1n) is 5.47. The van der Waals surface area contributed by atoms with Crippen molar-refractivity contribution in [3.8, 4) is 0 Å². The fourth-order valence-corrected chi connectivity index (χ4v) is 4.27. The van der Waals surface area contributed by atoms with Crippen molar-refractivity contribution in [3.05, 3.63) is 48.3 Å². The van der Waals surface area contributed by atoms with Crippen LogP contribution < -0.4 is 0 Å². The molecule has 0 fully saturated rings. The first kappa shape index (κ1) is 10.5. The van der Waals surface area contributed by atoms with E-state index in [0.717, 1.165) is 21.6 Å². The maximum atomic E-state index is 5.35. The lowest BCUT2D eigenvalue weighted by Crippen LogP contribution is -2.03. The number of thioether (sulfide) groups is 2. The Bertz CT molecular complexity index is 560. The van der Waals surface area contributed by atoms with Gasteiger partial charge in [0.05, 0.1) is 12.5 Å². The minimum absolute atomic E-state index is 0.134. The Morgan fingerprint density at radius 1 is 0.833 bits per heavy atom. The molecule has 4 nitrogen and oxygen atoms in total. The molecule has 0 spiro atoms. The second-order valence-corrected chi connectivity index (χ2v) is 6.05. The quantitative estimate of drug-likeness (QED) is 0.845. The van der Waals surface area contributed by atoms with Gasteiger partial charge in [-0.3, -0.25) is 9.98 Å². The summed E-state index contributed by atoms with van der Waals surface area (Å²) in [6.07, 6.45) is 3.33. The summed E-state index contributed by atoms with van der Waals surface area (Å²) in [4.78, 5) is 9.29. The third-order valence-electron chi connectivity index (χ3n) is 2.66. The molecular weight excluding hydrogens is 268 g/mol. The zero-order chi connectivity index (χ0) is 11.9. The van der Waals surface area contributed by atoms with Gasteiger partial charge in [0.25, 0.3) is 0 Å². The van der Waals surface area contributed by atoms with Gasteiger partial charge in [0.2, 0.25) is 0 Å². The van der Waals surface area contributed by atoms with Crippen LogP contribution in [0.25, 0.3) is 0 Å². The van der Waals surface area contributed by atoms with E-state index in [1.807, 2.05) is 24.3 Å². The normalized spacial score (nSPS) is 26.0. The van der Waals surface area contributed by atoms with Gasteiger partial charge in [-0.25, -0.2) is 0 Å². The molecule has 0 saturated heterocycles. The van der Waals surface area contributed by atoms with Crippen molar-refractivity contribution in [2.45, 2.75) is 10.7 Å². The molecule has 2 aliphatic heterocycles. The largest absolute Gasteiger partial charge is 0.462 e. The molecule has 0 bridgehead atoms. The lowest BCUT2D eigenvalue weighted by Gasteiger charge is -1.99. The predicted molar refractivity (Wildman–Crippen MR) is 73.2 cm³/mol. The molecule has 90 valence electrons. The molecule has 4 heterocycles. The highest BCUT2D eigenvalue weighted by molar-refractivity contribution is 8.20. The molecule has 2 aromatic heterocycles. The van der Waals surface area contributed by atoms with Crippen LogP contribution >= 0.6 is 23.5 Å². The van der Waals surface area contributed by atoms with Crippen molar-refractivity contribution in [3.63, 3.8) is 0 Å². The maximum Gasteiger partial charge on any atom is 0.158 e. The maximum absolute atomic E-state index is 5.35. The van der Waals surface area contributed by atoms with Gasteiger partial charge in [-0.15, -0.1) is 0 Å². The van der Waals surface area contributed by atoms with Crippen molar-refractivity contribution < 1.29 is 8.83 Å². The average molecular weight is 276 g/mol. The van der Waals surface area contributed by atoms with E-state index in [2.05, 4.69) is 9.98 Å². The van der Waals surface area contributed by atoms with Crippen molar-refractivity contribution in [2.75, 3.05) is 0 Å². The Labute approximate surface area is 112 Å². The molecule has 0 unspecified atom stereocenters. The molecule has 0 N–H and O–H groups in total. The van der Waals surface area contributed by atoms with Gasteiger partial charge < -0.3 is 8.83 Å². The standard InChI is InChI=1S/C12H8N2O2S2/c1-3-7(15-5-1)9-13-11-12(17-9)14-10(18-11)8-4-2-6-16-8/h1-6,11-12H/t11-,12-/m0/s1. The first-order valence-corrected chi connectivity index (χ1v) is 7.23. The molecular formula is C12H8N2O2S2.